The van der Waals surface area contributed by atoms with Gasteiger partial charge in [-0.3, -0.25) is 4.79 Å². The fourth-order valence-electron chi connectivity index (χ4n) is 3.80. The SMILES string of the molecule is Cc1ccc2nc(-c3nc(C(=O)Nc4ccc(N5CCN(C)CC5)nc4)cnc3N)[nH]c2c1.[HH].[HH].[HH].[HH]. The minimum absolute atomic E-state index is 0. The van der Waals surface area contributed by atoms with Crippen molar-refractivity contribution in [3.8, 4) is 11.5 Å². The quantitative estimate of drug-likeness (QED) is 0.431. The molecule has 4 N–H and O–H groups in total. The summed E-state index contributed by atoms with van der Waals surface area (Å²) in [6, 6.07) is 9.65. The van der Waals surface area contributed by atoms with Crippen LogP contribution in [0.25, 0.3) is 22.6 Å². The summed E-state index contributed by atoms with van der Waals surface area (Å²) in [5, 5.41) is 2.83. The van der Waals surface area contributed by atoms with E-state index >= 15 is 0 Å². The molecule has 0 saturated carbocycles. The summed E-state index contributed by atoms with van der Waals surface area (Å²) < 4.78 is 0. The number of nitrogens with zero attached hydrogens (tertiary/aromatic N) is 6. The van der Waals surface area contributed by atoms with Crippen molar-refractivity contribution in [1.29, 1.82) is 0 Å². The van der Waals surface area contributed by atoms with Crippen LogP contribution in [-0.4, -0.2) is 69.0 Å². The maximum atomic E-state index is 12.8. The Morgan fingerprint density at radius 3 is 2.67 bits per heavy atom. The van der Waals surface area contributed by atoms with Crippen LogP contribution in [0.15, 0.2) is 42.7 Å². The van der Waals surface area contributed by atoms with Gasteiger partial charge < -0.3 is 25.8 Å². The highest BCUT2D eigenvalue weighted by molar-refractivity contribution is 6.03. The number of benzene rings is 1. The number of aromatic nitrogens is 5. The smallest absolute Gasteiger partial charge is 0.275 e. The zero-order chi connectivity index (χ0) is 22.9. The molecular formula is C23H33N9O. The molecule has 0 aliphatic carbocycles. The van der Waals surface area contributed by atoms with E-state index in [-0.39, 0.29) is 17.2 Å². The van der Waals surface area contributed by atoms with Gasteiger partial charge in [-0.25, -0.2) is 19.9 Å². The number of likely N-dealkylation sites (N-methyl/N-ethyl adjacent to an activating group) is 1. The number of nitrogen functional groups attached to an aromatic ring is 1. The molecule has 0 radical (unpaired) electrons. The van der Waals surface area contributed by atoms with Crippen molar-refractivity contribution in [2.75, 3.05) is 49.2 Å². The molecule has 33 heavy (non-hydrogen) atoms. The second-order valence-electron chi connectivity index (χ2n) is 8.24. The van der Waals surface area contributed by atoms with Gasteiger partial charge in [0.1, 0.15) is 17.2 Å². The summed E-state index contributed by atoms with van der Waals surface area (Å²) in [7, 11) is 2.12. The molecule has 0 unspecified atom stereocenters. The van der Waals surface area contributed by atoms with Crippen LogP contribution in [0, 0.1) is 6.92 Å². The molecule has 0 bridgehead atoms. The third-order valence-electron chi connectivity index (χ3n) is 5.73. The van der Waals surface area contributed by atoms with Crippen LogP contribution in [0.3, 0.4) is 0 Å². The molecular weight excluding hydrogens is 418 g/mol. The lowest BCUT2D eigenvalue weighted by Crippen LogP contribution is -2.44. The van der Waals surface area contributed by atoms with E-state index in [0.29, 0.717) is 17.2 Å². The molecule has 1 aliphatic heterocycles. The Hall–Kier alpha value is -4.05. The zero-order valence-electron chi connectivity index (χ0n) is 18.5. The van der Waals surface area contributed by atoms with Gasteiger partial charge in [-0.2, -0.15) is 0 Å². The van der Waals surface area contributed by atoms with E-state index in [1.165, 1.54) is 6.20 Å². The first-order chi connectivity index (χ1) is 16.0. The Labute approximate surface area is 196 Å². The maximum Gasteiger partial charge on any atom is 0.275 e. The summed E-state index contributed by atoms with van der Waals surface area (Å²) in [5.41, 5.74) is 9.86. The lowest BCUT2D eigenvalue weighted by molar-refractivity contribution is 0.102. The molecule has 1 amide bonds. The first-order valence-corrected chi connectivity index (χ1v) is 10.8. The van der Waals surface area contributed by atoms with Crippen LogP contribution >= 0.6 is 0 Å². The molecule has 3 aromatic heterocycles. The van der Waals surface area contributed by atoms with Crippen molar-refractivity contribution in [2.24, 2.45) is 0 Å². The van der Waals surface area contributed by atoms with E-state index in [1.54, 1.807) is 6.20 Å². The Bertz CT molecular complexity index is 1330. The number of aromatic amines is 1. The number of hydrogen-bond acceptors (Lipinski definition) is 8. The maximum absolute atomic E-state index is 12.8. The van der Waals surface area contributed by atoms with Gasteiger partial charge in [0, 0.05) is 31.9 Å². The molecule has 1 aliphatic rings. The predicted octanol–water partition coefficient (Wildman–Crippen LogP) is 3.29. The molecule has 0 spiro atoms. The molecule has 176 valence electrons. The molecule has 4 aromatic rings. The van der Waals surface area contributed by atoms with E-state index in [9.17, 15) is 4.79 Å². The third kappa shape index (κ3) is 4.33. The second kappa shape index (κ2) is 8.47. The molecule has 0 atom stereocenters. The van der Waals surface area contributed by atoms with E-state index in [4.69, 9.17) is 5.73 Å². The fourth-order valence-corrected chi connectivity index (χ4v) is 3.80. The number of aryl methyl sites for hydroxylation is 1. The van der Waals surface area contributed by atoms with Crippen LogP contribution in [0.5, 0.6) is 0 Å². The van der Waals surface area contributed by atoms with E-state index in [1.807, 2.05) is 37.3 Å². The monoisotopic (exact) mass is 451 g/mol. The van der Waals surface area contributed by atoms with Gasteiger partial charge in [0.15, 0.2) is 11.6 Å². The minimum Gasteiger partial charge on any atom is -0.382 e. The lowest BCUT2D eigenvalue weighted by atomic mass is 10.2. The summed E-state index contributed by atoms with van der Waals surface area (Å²) in [4.78, 5) is 38.2. The molecule has 1 aromatic carbocycles. The molecule has 1 fully saturated rings. The van der Waals surface area contributed by atoms with Crippen molar-refractivity contribution < 1.29 is 10.5 Å². The Balaban J connectivity index is 0.00000171. The summed E-state index contributed by atoms with van der Waals surface area (Å²) in [6.07, 6.45) is 3.01. The van der Waals surface area contributed by atoms with Crippen LogP contribution < -0.4 is 16.0 Å². The number of fused-ring (bicyclic) bond motifs is 1. The van der Waals surface area contributed by atoms with E-state index in [2.05, 4.69) is 47.1 Å². The number of rotatable bonds is 4. The highest BCUT2D eigenvalue weighted by Crippen LogP contribution is 2.24. The van der Waals surface area contributed by atoms with Gasteiger partial charge in [-0.1, -0.05) is 6.07 Å². The summed E-state index contributed by atoms with van der Waals surface area (Å²) in [5.74, 6) is 1.16. The van der Waals surface area contributed by atoms with Gasteiger partial charge in [-0.05, 0) is 43.8 Å². The Morgan fingerprint density at radius 2 is 1.91 bits per heavy atom. The highest BCUT2D eigenvalue weighted by Gasteiger charge is 2.18. The number of nitrogens with one attached hydrogen (secondary N) is 2. The molecule has 10 heteroatoms. The van der Waals surface area contributed by atoms with Gasteiger partial charge in [-0.15, -0.1) is 0 Å². The van der Waals surface area contributed by atoms with Gasteiger partial charge in [0.2, 0.25) is 0 Å². The Kier molecular flexibility index (Phi) is 5.35. The largest absolute Gasteiger partial charge is 0.382 e. The van der Waals surface area contributed by atoms with E-state index in [0.717, 1.165) is 48.6 Å². The van der Waals surface area contributed by atoms with E-state index < -0.39 is 5.91 Å². The molecule has 5 rings (SSSR count). The average Bonchev–Trinajstić information content (AvgIpc) is 3.23. The highest BCUT2D eigenvalue weighted by atomic mass is 16.1. The molecule has 1 saturated heterocycles. The first-order valence-electron chi connectivity index (χ1n) is 10.8. The number of nitrogens with two attached hydrogens (primary N) is 1. The standard InChI is InChI=1S/C23H25N9O.4H2/c1-14-3-5-16-17(11-14)30-22(29-16)20-21(24)26-13-18(28-20)23(33)27-15-4-6-19(25-12-15)32-9-7-31(2)8-10-32;;;;/h3-6,11-13H,7-10H2,1-2H3,(H2,24,26)(H,27,33)(H,29,30);4*1H. The average molecular weight is 452 g/mol. The molecule has 10 nitrogen and oxygen atoms in total. The topological polar surface area (TPSA) is 129 Å². The third-order valence-corrected chi connectivity index (χ3v) is 5.73. The number of piperazine rings is 1. The predicted molar refractivity (Wildman–Crippen MR) is 137 cm³/mol. The second-order valence-corrected chi connectivity index (χ2v) is 8.24. The van der Waals surface area contributed by atoms with Crippen LogP contribution in [0.2, 0.25) is 0 Å². The number of anilines is 3. The minimum atomic E-state index is -0.398. The van der Waals surface area contributed by atoms with Gasteiger partial charge >= 0.3 is 0 Å². The number of H-pyrrole nitrogens is 1. The van der Waals surface area contributed by atoms with Gasteiger partial charge in [0.05, 0.1) is 29.1 Å². The summed E-state index contributed by atoms with van der Waals surface area (Å²) >= 11 is 0. The van der Waals surface area contributed by atoms with Crippen LogP contribution in [0.4, 0.5) is 17.3 Å². The van der Waals surface area contributed by atoms with Crippen LogP contribution in [-0.2, 0) is 0 Å². The van der Waals surface area contributed by atoms with Crippen molar-refractivity contribution in [1.82, 2.24) is 29.8 Å². The zero-order valence-corrected chi connectivity index (χ0v) is 18.5. The number of pyridine rings is 1. The van der Waals surface area contributed by atoms with Crippen molar-refractivity contribution in [3.63, 3.8) is 0 Å². The Morgan fingerprint density at radius 1 is 1.09 bits per heavy atom. The lowest BCUT2D eigenvalue weighted by Gasteiger charge is -2.33. The fraction of sp³-hybridized carbons (Fsp3) is 0.261. The first kappa shape index (κ1) is 20.8. The van der Waals surface area contributed by atoms with Crippen molar-refractivity contribution in [2.45, 2.75) is 6.92 Å². The van der Waals surface area contributed by atoms with Crippen molar-refractivity contribution >= 4 is 34.3 Å². The number of imidazole rings is 1. The normalized spacial score (nSPS) is 14.5. The number of hydrogen-bond donors (Lipinski definition) is 3. The van der Waals surface area contributed by atoms with Crippen LogP contribution in [0.1, 0.15) is 21.8 Å². The number of amides is 1. The van der Waals surface area contributed by atoms with Gasteiger partial charge in [0.25, 0.3) is 5.91 Å². The van der Waals surface area contributed by atoms with Crippen molar-refractivity contribution in [3.05, 3.63) is 54.0 Å². The molecule has 4 heterocycles. The number of carbonyl (C=O) groups is 1. The number of carbonyl (C=O) groups excluding carboxylic acids is 1. The summed E-state index contributed by atoms with van der Waals surface area (Å²) in [6.45, 7) is 5.87.